The van der Waals surface area contributed by atoms with Gasteiger partial charge in [0.05, 0.1) is 20.1 Å². The van der Waals surface area contributed by atoms with Crippen molar-refractivity contribution in [3.63, 3.8) is 0 Å². The molecule has 2 heterocycles. The Bertz CT molecular complexity index is 1190. The molecule has 0 radical (unpaired) electrons. The fourth-order valence-corrected chi connectivity index (χ4v) is 4.19. The van der Waals surface area contributed by atoms with Crippen LogP contribution in [0.4, 0.5) is 5.69 Å². The smallest absolute Gasteiger partial charge is 0.363 e. The van der Waals surface area contributed by atoms with Gasteiger partial charge in [-0.1, -0.05) is 0 Å². The standard InChI is InChI=1S/C21H12Br2N2O6/c22-15-8-13(10-17-21(26)31-20(24-17)18-2-1-7-29-18)9-16(23)19(15)30-11-12-3-5-14(6-4-12)25(27)28/h1-10H,11H2/b17-10-. The molecular formula is C21H12Br2N2O6. The topological polar surface area (TPSA) is 104 Å². The van der Waals surface area contributed by atoms with Crippen molar-refractivity contribution in [3.05, 3.63) is 96.4 Å². The minimum absolute atomic E-state index is 0.0202. The molecular weight excluding hydrogens is 536 g/mol. The molecule has 1 aliphatic rings. The van der Waals surface area contributed by atoms with Gasteiger partial charge in [0, 0.05) is 12.1 Å². The Kier molecular flexibility index (Phi) is 6.01. The summed E-state index contributed by atoms with van der Waals surface area (Å²) >= 11 is 6.94. The number of benzene rings is 2. The number of nitro groups is 1. The Morgan fingerprint density at radius 2 is 1.84 bits per heavy atom. The number of carbonyl (C=O) groups is 1. The van der Waals surface area contributed by atoms with Gasteiger partial charge in [-0.15, -0.1) is 0 Å². The van der Waals surface area contributed by atoms with Gasteiger partial charge in [0.1, 0.15) is 12.4 Å². The van der Waals surface area contributed by atoms with Crippen LogP contribution in [-0.2, 0) is 16.1 Å². The predicted octanol–water partition coefficient (Wildman–Crippen LogP) is 5.64. The van der Waals surface area contributed by atoms with Crippen LogP contribution >= 0.6 is 31.9 Å². The summed E-state index contributed by atoms with van der Waals surface area (Å²) in [4.78, 5) is 26.6. The van der Waals surface area contributed by atoms with Crippen LogP contribution in [0.5, 0.6) is 5.75 Å². The highest BCUT2D eigenvalue weighted by atomic mass is 79.9. The highest BCUT2D eigenvalue weighted by Crippen LogP contribution is 2.36. The first-order valence-corrected chi connectivity index (χ1v) is 10.4. The van der Waals surface area contributed by atoms with Gasteiger partial charge >= 0.3 is 5.97 Å². The number of carbonyl (C=O) groups excluding carboxylic acids is 1. The average molecular weight is 548 g/mol. The monoisotopic (exact) mass is 546 g/mol. The summed E-state index contributed by atoms with van der Waals surface area (Å²) in [7, 11) is 0. The van der Waals surface area contributed by atoms with Crippen molar-refractivity contribution in [2.45, 2.75) is 6.61 Å². The van der Waals surface area contributed by atoms with Gasteiger partial charge in [0.15, 0.2) is 11.5 Å². The molecule has 0 amide bonds. The molecule has 3 aromatic rings. The van der Waals surface area contributed by atoms with Crippen LogP contribution < -0.4 is 4.74 Å². The van der Waals surface area contributed by atoms with E-state index in [1.54, 1.807) is 42.5 Å². The number of non-ortho nitro benzene ring substituents is 1. The molecule has 0 aliphatic carbocycles. The molecule has 0 bridgehead atoms. The maximum Gasteiger partial charge on any atom is 0.363 e. The molecule has 0 fully saturated rings. The number of esters is 1. The van der Waals surface area contributed by atoms with Crippen molar-refractivity contribution < 1.29 is 23.6 Å². The maximum atomic E-state index is 12.1. The zero-order valence-electron chi connectivity index (χ0n) is 15.6. The van der Waals surface area contributed by atoms with E-state index in [2.05, 4.69) is 36.9 Å². The van der Waals surface area contributed by atoms with E-state index in [-0.39, 0.29) is 23.9 Å². The van der Waals surface area contributed by atoms with Crippen molar-refractivity contribution in [2.24, 2.45) is 4.99 Å². The lowest BCUT2D eigenvalue weighted by molar-refractivity contribution is -0.384. The Hall–Kier alpha value is -3.24. The van der Waals surface area contributed by atoms with Gasteiger partial charge in [-0.05, 0) is 85.5 Å². The van der Waals surface area contributed by atoms with Gasteiger partial charge in [-0.25, -0.2) is 9.79 Å². The van der Waals surface area contributed by atoms with E-state index in [1.165, 1.54) is 18.4 Å². The molecule has 0 saturated heterocycles. The van der Waals surface area contributed by atoms with Crippen molar-refractivity contribution in [2.75, 3.05) is 0 Å². The first-order chi connectivity index (χ1) is 14.9. The normalized spacial score (nSPS) is 14.5. The summed E-state index contributed by atoms with van der Waals surface area (Å²) in [5.74, 6) is 0.461. The lowest BCUT2D eigenvalue weighted by atomic mass is 10.2. The number of rotatable bonds is 6. The number of nitrogens with zero attached hydrogens (tertiary/aromatic N) is 2. The summed E-state index contributed by atoms with van der Waals surface area (Å²) in [6.07, 6.45) is 3.06. The van der Waals surface area contributed by atoms with Gasteiger partial charge in [0.2, 0.25) is 0 Å². The van der Waals surface area contributed by atoms with E-state index >= 15 is 0 Å². The molecule has 0 saturated carbocycles. The highest BCUT2D eigenvalue weighted by molar-refractivity contribution is 9.11. The van der Waals surface area contributed by atoms with E-state index in [4.69, 9.17) is 13.9 Å². The predicted molar refractivity (Wildman–Crippen MR) is 119 cm³/mol. The summed E-state index contributed by atoms with van der Waals surface area (Å²) in [6.45, 7) is 0.221. The number of aliphatic imine (C=N–C) groups is 1. The molecule has 2 aromatic carbocycles. The fourth-order valence-electron chi connectivity index (χ4n) is 2.74. The zero-order valence-corrected chi connectivity index (χ0v) is 18.8. The first-order valence-electron chi connectivity index (χ1n) is 8.82. The van der Waals surface area contributed by atoms with Crippen LogP contribution in [0.1, 0.15) is 16.9 Å². The first kappa shape index (κ1) is 21.0. The third kappa shape index (κ3) is 4.75. The minimum Gasteiger partial charge on any atom is -0.487 e. The van der Waals surface area contributed by atoms with Crippen LogP contribution in [-0.4, -0.2) is 16.8 Å². The van der Waals surface area contributed by atoms with Crippen molar-refractivity contribution in [1.29, 1.82) is 0 Å². The van der Waals surface area contributed by atoms with Crippen LogP contribution in [0, 0.1) is 10.1 Å². The van der Waals surface area contributed by atoms with Gasteiger partial charge in [0.25, 0.3) is 11.6 Å². The van der Waals surface area contributed by atoms with Crippen molar-refractivity contribution >= 4 is 55.5 Å². The third-order valence-electron chi connectivity index (χ3n) is 4.21. The SMILES string of the molecule is O=C1OC(c2ccco2)=N/C1=C\c1cc(Br)c(OCc2ccc([N+](=O)[O-])cc2)c(Br)c1. The number of nitro benzene ring substituents is 1. The van der Waals surface area contributed by atoms with Gasteiger partial charge < -0.3 is 13.9 Å². The number of furan rings is 1. The Labute approximate surface area is 192 Å². The van der Waals surface area contributed by atoms with E-state index in [0.29, 0.717) is 26.0 Å². The molecule has 4 rings (SSSR count). The molecule has 0 atom stereocenters. The second-order valence-corrected chi connectivity index (χ2v) is 8.05. The summed E-state index contributed by atoms with van der Waals surface area (Å²) in [5.41, 5.74) is 1.64. The minimum atomic E-state index is -0.572. The van der Waals surface area contributed by atoms with Crippen LogP contribution in [0.25, 0.3) is 6.08 Å². The zero-order chi connectivity index (χ0) is 22.0. The second kappa shape index (κ2) is 8.86. The number of ether oxygens (including phenoxy) is 2. The molecule has 0 N–H and O–H groups in total. The number of hydrogen-bond acceptors (Lipinski definition) is 7. The van der Waals surface area contributed by atoms with E-state index in [0.717, 1.165) is 5.56 Å². The Balaban J connectivity index is 1.51. The average Bonchev–Trinajstić information content (AvgIpc) is 3.38. The summed E-state index contributed by atoms with van der Waals surface area (Å²) < 4.78 is 17.5. The molecule has 0 spiro atoms. The number of halogens is 2. The van der Waals surface area contributed by atoms with Crippen LogP contribution in [0.2, 0.25) is 0 Å². The molecule has 31 heavy (non-hydrogen) atoms. The Morgan fingerprint density at radius 3 is 2.45 bits per heavy atom. The lowest BCUT2D eigenvalue weighted by Gasteiger charge is -2.11. The van der Waals surface area contributed by atoms with Gasteiger partial charge in [-0.3, -0.25) is 10.1 Å². The molecule has 1 aliphatic heterocycles. The van der Waals surface area contributed by atoms with E-state index < -0.39 is 10.9 Å². The quantitative estimate of drug-likeness (QED) is 0.171. The van der Waals surface area contributed by atoms with Gasteiger partial charge in [-0.2, -0.15) is 0 Å². The maximum absolute atomic E-state index is 12.1. The van der Waals surface area contributed by atoms with E-state index in [9.17, 15) is 14.9 Å². The second-order valence-electron chi connectivity index (χ2n) is 6.34. The van der Waals surface area contributed by atoms with Crippen molar-refractivity contribution in [1.82, 2.24) is 0 Å². The summed E-state index contributed by atoms with van der Waals surface area (Å²) in [6, 6.07) is 13.0. The number of cyclic esters (lactones) is 1. The molecule has 8 nitrogen and oxygen atoms in total. The molecule has 1 aromatic heterocycles. The van der Waals surface area contributed by atoms with Crippen LogP contribution in [0.3, 0.4) is 0 Å². The van der Waals surface area contributed by atoms with E-state index in [1.807, 2.05) is 0 Å². The number of hydrogen-bond donors (Lipinski definition) is 0. The lowest BCUT2D eigenvalue weighted by Crippen LogP contribution is -2.04. The molecule has 10 heteroatoms. The van der Waals surface area contributed by atoms with Crippen LogP contribution in [0.15, 0.2) is 78.8 Å². The highest BCUT2D eigenvalue weighted by Gasteiger charge is 2.26. The largest absolute Gasteiger partial charge is 0.487 e. The molecule has 0 unspecified atom stereocenters. The third-order valence-corrected chi connectivity index (χ3v) is 5.38. The molecule has 156 valence electrons. The van der Waals surface area contributed by atoms with Crippen molar-refractivity contribution in [3.8, 4) is 5.75 Å². The summed E-state index contributed by atoms with van der Waals surface area (Å²) in [5, 5.41) is 10.8. The fraction of sp³-hybridized carbons (Fsp3) is 0.0476. The Morgan fingerprint density at radius 1 is 1.13 bits per heavy atom.